The van der Waals surface area contributed by atoms with E-state index in [1.165, 1.54) is 24.3 Å². The van der Waals surface area contributed by atoms with Gasteiger partial charge in [0.15, 0.2) is 6.61 Å². The molecule has 4 rings (SSSR count). The lowest BCUT2D eigenvalue weighted by Gasteiger charge is -2.08. The molecule has 0 unspecified atom stereocenters. The zero-order valence-electron chi connectivity index (χ0n) is 16.1. The van der Waals surface area contributed by atoms with Gasteiger partial charge in [0.05, 0.1) is 10.5 Å². The Balaban J connectivity index is 1.40. The molecule has 1 heterocycles. The van der Waals surface area contributed by atoms with Crippen LogP contribution in [0.15, 0.2) is 88.1 Å². The van der Waals surface area contributed by atoms with Crippen LogP contribution in [-0.2, 0) is 4.79 Å². The first-order valence-corrected chi connectivity index (χ1v) is 9.30. The summed E-state index contributed by atoms with van der Waals surface area (Å²) >= 11 is 0. The van der Waals surface area contributed by atoms with Gasteiger partial charge in [-0.3, -0.25) is 14.9 Å². The Morgan fingerprint density at radius 3 is 2.42 bits per heavy atom. The number of hydrogen-bond acceptors (Lipinski definition) is 6. The average molecular weight is 416 g/mol. The van der Waals surface area contributed by atoms with Gasteiger partial charge in [-0.05, 0) is 42.0 Å². The maximum Gasteiger partial charge on any atom is 0.344 e. The highest BCUT2D eigenvalue weighted by molar-refractivity contribution is 5.92. The van der Waals surface area contributed by atoms with E-state index >= 15 is 0 Å². The topological polar surface area (TPSA) is 112 Å². The highest BCUT2D eigenvalue weighted by atomic mass is 16.6. The molecular weight excluding hydrogens is 400 g/mol. The second-order valence-corrected chi connectivity index (χ2v) is 6.65. The minimum absolute atomic E-state index is 0.0580. The van der Waals surface area contributed by atoms with E-state index in [1.54, 1.807) is 42.5 Å². The lowest BCUT2D eigenvalue weighted by atomic mass is 10.1. The molecule has 4 aromatic rings. The number of nitro benzene ring substituents is 1. The SMILES string of the molecule is O=C(COc1ccc([N+](=O)[O-])cc1)Nc1ccc(-c2cc3ccccc3oc2=O)cc1. The van der Waals surface area contributed by atoms with Crippen LogP contribution in [0.25, 0.3) is 22.1 Å². The van der Waals surface area contributed by atoms with E-state index in [0.717, 1.165) is 5.39 Å². The van der Waals surface area contributed by atoms with Crippen molar-refractivity contribution in [3.63, 3.8) is 0 Å². The van der Waals surface area contributed by atoms with Crippen molar-refractivity contribution in [2.24, 2.45) is 0 Å². The van der Waals surface area contributed by atoms with Gasteiger partial charge in [-0.25, -0.2) is 4.79 Å². The molecule has 31 heavy (non-hydrogen) atoms. The number of amides is 1. The monoisotopic (exact) mass is 416 g/mol. The molecule has 0 aliphatic rings. The number of anilines is 1. The van der Waals surface area contributed by atoms with E-state index in [-0.39, 0.29) is 12.3 Å². The van der Waals surface area contributed by atoms with Crippen molar-refractivity contribution in [3.05, 3.63) is 99.4 Å². The number of ether oxygens (including phenoxy) is 1. The Labute approximate surface area is 175 Å². The highest BCUT2D eigenvalue weighted by Gasteiger charge is 2.10. The largest absolute Gasteiger partial charge is 0.484 e. The van der Waals surface area contributed by atoms with E-state index in [2.05, 4.69) is 5.32 Å². The van der Waals surface area contributed by atoms with Gasteiger partial charge < -0.3 is 14.5 Å². The maximum atomic E-state index is 12.3. The summed E-state index contributed by atoms with van der Waals surface area (Å²) in [5.74, 6) is -0.0459. The molecule has 0 bridgehead atoms. The van der Waals surface area contributed by atoms with Gasteiger partial charge in [-0.1, -0.05) is 30.3 Å². The smallest absolute Gasteiger partial charge is 0.344 e. The van der Waals surface area contributed by atoms with Crippen LogP contribution < -0.4 is 15.7 Å². The van der Waals surface area contributed by atoms with Gasteiger partial charge in [0, 0.05) is 23.2 Å². The van der Waals surface area contributed by atoms with Crippen molar-refractivity contribution < 1.29 is 18.9 Å². The number of carbonyl (C=O) groups is 1. The summed E-state index contributed by atoms with van der Waals surface area (Å²) < 4.78 is 10.7. The number of hydrogen-bond donors (Lipinski definition) is 1. The number of nitrogens with one attached hydrogen (secondary N) is 1. The number of para-hydroxylation sites is 1. The van der Waals surface area contributed by atoms with E-state index < -0.39 is 16.5 Å². The van der Waals surface area contributed by atoms with E-state index in [4.69, 9.17) is 9.15 Å². The predicted octanol–water partition coefficient (Wildman–Crippen LogP) is 4.39. The molecule has 1 N–H and O–H groups in total. The fourth-order valence-electron chi connectivity index (χ4n) is 3.01. The molecule has 3 aromatic carbocycles. The third-order valence-electron chi connectivity index (χ3n) is 4.54. The van der Waals surface area contributed by atoms with Crippen molar-refractivity contribution in [1.82, 2.24) is 0 Å². The van der Waals surface area contributed by atoms with Crippen molar-refractivity contribution in [1.29, 1.82) is 0 Å². The summed E-state index contributed by atoms with van der Waals surface area (Å²) in [6.45, 7) is -0.256. The first kappa shape index (κ1) is 19.8. The van der Waals surface area contributed by atoms with Crippen LogP contribution in [0, 0.1) is 10.1 Å². The number of non-ortho nitro benzene ring substituents is 1. The molecule has 0 aliphatic heterocycles. The van der Waals surface area contributed by atoms with Gasteiger partial charge in [-0.15, -0.1) is 0 Å². The van der Waals surface area contributed by atoms with Gasteiger partial charge in [-0.2, -0.15) is 0 Å². The average Bonchev–Trinajstić information content (AvgIpc) is 2.78. The molecule has 0 saturated carbocycles. The molecule has 8 heteroatoms. The Morgan fingerprint density at radius 2 is 1.71 bits per heavy atom. The molecule has 1 amide bonds. The summed E-state index contributed by atoms with van der Waals surface area (Å²) in [6, 6.07) is 21.3. The number of nitro groups is 1. The van der Waals surface area contributed by atoms with Crippen molar-refractivity contribution in [2.75, 3.05) is 11.9 Å². The van der Waals surface area contributed by atoms with Crippen LogP contribution >= 0.6 is 0 Å². The lowest BCUT2D eigenvalue weighted by Crippen LogP contribution is -2.20. The Kier molecular flexibility index (Phi) is 5.44. The Morgan fingerprint density at radius 1 is 1.00 bits per heavy atom. The standard InChI is InChI=1S/C23H16N2O6/c26-22(14-30-19-11-9-18(10-12-19)25(28)29)24-17-7-5-15(6-8-17)20-13-16-3-1-2-4-21(16)31-23(20)27/h1-13H,14H2,(H,24,26). The predicted molar refractivity (Wildman–Crippen MR) is 115 cm³/mol. The van der Waals surface area contributed by atoms with Crippen molar-refractivity contribution in [2.45, 2.75) is 0 Å². The van der Waals surface area contributed by atoms with Crippen molar-refractivity contribution >= 4 is 28.3 Å². The molecule has 0 radical (unpaired) electrons. The molecule has 0 aliphatic carbocycles. The highest BCUT2D eigenvalue weighted by Crippen LogP contribution is 2.23. The van der Waals surface area contributed by atoms with Gasteiger partial charge in [0.1, 0.15) is 11.3 Å². The van der Waals surface area contributed by atoms with Crippen LogP contribution in [0.3, 0.4) is 0 Å². The second-order valence-electron chi connectivity index (χ2n) is 6.65. The van der Waals surface area contributed by atoms with Gasteiger partial charge >= 0.3 is 5.63 Å². The second kappa shape index (κ2) is 8.50. The summed E-state index contributed by atoms with van der Waals surface area (Å²) in [6.07, 6.45) is 0. The fourth-order valence-corrected chi connectivity index (χ4v) is 3.01. The lowest BCUT2D eigenvalue weighted by molar-refractivity contribution is -0.384. The molecule has 154 valence electrons. The van der Waals surface area contributed by atoms with E-state index in [1.807, 2.05) is 12.1 Å². The molecule has 0 atom stereocenters. The first-order valence-electron chi connectivity index (χ1n) is 9.30. The Hall–Kier alpha value is -4.46. The molecule has 0 spiro atoms. The number of carbonyl (C=O) groups excluding carboxylic acids is 1. The molecular formula is C23H16N2O6. The minimum Gasteiger partial charge on any atom is -0.484 e. The molecule has 0 fully saturated rings. The number of nitrogens with zero attached hydrogens (tertiary/aromatic N) is 1. The van der Waals surface area contributed by atoms with Crippen LogP contribution in [-0.4, -0.2) is 17.4 Å². The van der Waals surface area contributed by atoms with Gasteiger partial charge in [0.2, 0.25) is 0 Å². The van der Waals surface area contributed by atoms with Crippen LogP contribution in [0.5, 0.6) is 5.75 Å². The number of benzene rings is 3. The maximum absolute atomic E-state index is 12.3. The van der Waals surface area contributed by atoms with E-state index in [0.29, 0.717) is 28.1 Å². The number of rotatable bonds is 6. The first-order chi connectivity index (χ1) is 15.0. The zero-order valence-corrected chi connectivity index (χ0v) is 16.1. The summed E-state index contributed by atoms with van der Waals surface area (Å²) in [5, 5.41) is 14.2. The van der Waals surface area contributed by atoms with Crippen molar-refractivity contribution in [3.8, 4) is 16.9 Å². The van der Waals surface area contributed by atoms with Gasteiger partial charge in [0.25, 0.3) is 11.6 Å². The summed E-state index contributed by atoms with van der Waals surface area (Å²) in [7, 11) is 0. The third-order valence-corrected chi connectivity index (χ3v) is 4.54. The molecule has 0 saturated heterocycles. The quantitative estimate of drug-likeness (QED) is 0.283. The number of fused-ring (bicyclic) bond motifs is 1. The van der Waals surface area contributed by atoms with Crippen LogP contribution in [0.1, 0.15) is 0 Å². The third kappa shape index (κ3) is 4.59. The van der Waals surface area contributed by atoms with E-state index in [9.17, 15) is 19.7 Å². The summed E-state index contributed by atoms with van der Waals surface area (Å²) in [5.41, 5.74) is 1.65. The fraction of sp³-hybridized carbons (Fsp3) is 0.0435. The zero-order chi connectivity index (χ0) is 21.8. The summed E-state index contributed by atoms with van der Waals surface area (Å²) in [4.78, 5) is 34.5. The molecule has 1 aromatic heterocycles. The minimum atomic E-state index is -0.512. The molecule has 8 nitrogen and oxygen atoms in total. The Bertz CT molecular complexity index is 1310. The van der Waals surface area contributed by atoms with Crippen LogP contribution in [0.4, 0.5) is 11.4 Å². The normalized spacial score (nSPS) is 10.6. The van der Waals surface area contributed by atoms with Crippen LogP contribution in [0.2, 0.25) is 0 Å².